The summed E-state index contributed by atoms with van der Waals surface area (Å²) in [6.45, 7) is 7.69. The first-order chi connectivity index (χ1) is 13.8. The Bertz CT molecular complexity index is 817. The molecule has 0 unspecified atom stereocenters. The third-order valence-electron chi connectivity index (χ3n) is 5.34. The number of hydrogen-bond acceptors (Lipinski definition) is 3. The van der Waals surface area contributed by atoms with Crippen LogP contribution in [0.1, 0.15) is 39.2 Å². The number of carbonyl (C=O) groups excluding carboxylic acids is 2. The predicted molar refractivity (Wildman–Crippen MR) is 115 cm³/mol. The number of nitrogens with zero attached hydrogens (tertiary/aromatic N) is 1. The smallest absolute Gasteiger partial charge is 0.260 e. The minimum atomic E-state index is -0.0728. The second kappa shape index (κ2) is 9.12. The van der Waals surface area contributed by atoms with E-state index in [-0.39, 0.29) is 29.8 Å². The van der Waals surface area contributed by atoms with Crippen LogP contribution in [0.2, 0.25) is 0 Å². The summed E-state index contributed by atoms with van der Waals surface area (Å²) in [6, 6.07) is 17.4. The monoisotopic (exact) mass is 394 g/mol. The molecule has 5 nitrogen and oxygen atoms in total. The molecule has 0 aliphatic carbocycles. The highest BCUT2D eigenvalue weighted by atomic mass is 16.5. The molecule has 0 atom stereocenters. The fraction of sp³-hybridized carbons (Fsp3) is 0.417. The minimum absolute atomic E-state index is 0.0288. The molecule has 29 heavy (non-hydrogen) atoms. The lowest BCUT2D eigenvalue weighted by molar-refractivity contribution is -0.136. The van der Waals surface area contributed by atoms with E-state index in [1.807, 2.05) is 42.5 Å². The van der Waals surface area contributed by atoms with Crippen molar-refractivity contribution in [3.8, 4) is 5.75 Å². The maximum Gasteiger partial charge on any atom is 0.260 e. The van der Waals surface area contributed by atoms with Crippen molar-refractivity contribution in [2.45, 2.75) is 39.0 Å². The Balaban J connectivity index is 1.45. The van der Waals surface area contributed by atoms with E-state index in [0.29, 0.717) is 31.7 Å². The zero-order valence-electron chi connectivity index (χ0n) is 17.5. The molecule has 1 fully saturated rings. The zero-order chi connectivity index (χ0) is 20.9. The van der Waals surface area contributed by atoms with E-state index < -0.39 is 0 Å². The first kappa shape index (κ1) is 20.9. The van der Waals surface area contributed by atoms with Crippen LogP contribution < -0.4 is 10.1 Å². The van der Waals surface area contributed by atoms with Crippen molar-refractivity contribution in [3.05, 3.63) is 60.2 Å². The fourth-order valence-corrected chi connectivity index (χ4v) is 3.44. The van der Waals surface area contributed by atoms with E-state index in [1.165, 1.54) is 5.56 Å². The van der Waals surface area contributed by atoms with Crippen LogP contribution in [0.25, 0.3) is 0 Å². The molecule has 1 saturated heterocycles. The van der Waals surface area contributed by atoms with E-state index in [2.05, 4.69) is 38.2 Å². The molecular weight excluding hydrogens is 364 g/mol. The second-order valence-electron chi connectivity index (χ2n) is 8.57. The summed E-state index contributed by atoms with van der Waals surface area (Å²) in [6.07, 6.45) is 1.34. The van der Waals surface area contributed by atoms with Crippen LogP contribution >= 0.6 is 0 Å². The Morgan fingerprint density at radius 3 is 2.21 bits per heavy atom. The van der Waals surface area contributed by atoms with Crippen molar-refractivity contribution < 1.29 is 14.3 Å². The van der Waals surface area contributed by atoms with Crippen molar-refractivity contribution in [1.82, 2.24) is 4.90 Å². The largest absolute Gasteiger partial charge is 0.484 e. The number of piperidine rings is 1. The number of anilines is 1. The molecule has 154 valence electrons. The maximum absolute atomic E-state index is 12.6. The zero-order valence-corrected chi connectivity index (χ0v) is 17.5. The Hall–Kier alpha value is -2.82. The standard InChI is InChI=1S/C24H30N2O3/c1-24(2,3)19-9-11-20(12-10-19)25-23(28)18-13-15-26(16-14-18)22(27)17-29-21-7-5-4-6-8-21/h4-12,18H,13-17H2,1-3H3,(H,25,28). The number of likely N-dealkylation sites (tertiary alicyclic amines) is 1. The summed E-state index contributed by atoms with van der Waals surface area (Å²) in [5.41, 5.74) is 2.14. The van der Waals surface area contributed by atoms with Crippen molar-refractivity contribution in [1.29, 1.82) is 0 Å². The number of benzene rings is 2. The van der Waals surface area contributed by atoms with Crippen LogP contribution in [-0.2, 0) is 15.0 Å². The summed E-state index contributed by atoms with van der Waals surface area (Å²) in [5, 5.41) is 3.01. The van der Waals surface area contributed by atoms with Crippen LogP contribution in [0.5, 0.6) is 5.75 Å². The van der Waals surface area contributed by atoms with Crippen LogP contribution in [0.4, 0.5) is 5.69 Å². The number of amides is 2. The molecular formula is C24H30N2O3. The Labute approximate surface area is 173 Å². The lowest BCUT2D eigenvalue weighted by atomic mass is 9.87. The van der Waals surface area contributed by atoms with E-state index in [1.54, 1.807) is 4.90 Å². The summed E-state index contributed by atoms with van der Waals surface area (Å²) in [5.74, 6) is 0.607. The molecule has 0 saturated carbocycles. The Morgan fingerprint density at radius 2 is 1.62 bits per heavy atom. The van der Waals surface area contributed by atoms with Crippen molar-refractivity contribution >= 4 is 17.5 Å². The number of hydrogen-bond donors (Lipinski definition) is 1. The SMILES string of the molecule is CC(C)(C)c1ccc(NC(=O)C2CCN(C(=O)COc3ccccc3)CC2)cc1. The molecule has 3 rings (SSSR count). The van der Waals surface area contributed by atoms with Crippen molar-refractivity contribution in [2.75, 3.05) is 25.0 Å². The summed E-state index contributed by atoms with van der Waals surface area (Å²) in [7, 11) is 0. The Morgan fingerprint density at radius 1 is 1.00 bits per heavy atom. The van der Waals surface area contributed by atoms with Gasteiger partial charge in [0.1, 0.15) is 5.75 Å². The van der Waals surface area contributed by atoms with Crippen LogP contribution in [-0.4, -0.2) is 36.4 Å². The number of carbonyl (C=O) groups is 2. The van der Waals surface area contributed by atoms with E-state index >= 15 is 0 Å². The summed E-state index contributed by atoms with van der Waals surface area (Å²) in [4.78, 5) is 26.7. The molecule has 0 radical (unpaired) electrons. The highest BCUT2D eigenvalue weighted by Crippen LogP contribution is 2.24. The number of ether oxygens (including phenoxy) is 1. The predicted octanol–water partition coefficient (Wildman–Crippen LogP) is 4.24. The second-order valence-corrected chi connectivity index (χ2v) is 8.57. The third kappa shape index (κ3) is 5.83. The van der Waals surface area contributed by atoms with E-state index in [0.717, 1.165) is 5.69 Å². The van der Waals surface area contributed by atoms with Gasteiger partial charge in [0.05, 0.1) is 0 Å². The maximum atomic E-state index is 12.6. The van der Waals surface area contributed by atoms with Gasteiger partial charge in [0.15, 0.2) is 6.61 Å². The lowest BCUT2D eigenvalue weighted by Gasteiger charge is -2.31. The van der Waals surface area contributed by atoms with Gasteiger partial charge in [0.2, 0.25) is 5.91 Å². The quantitative estimate of drug-likeness (QED) is 0.825. The molecule has 2 aromatic carbocycles. The van der Waals surface area contributed by atoms with Gasteiger partial charge < -0.3 is 15.0 Å². The minimum Gasteiger partial charge on any atom is -0.484 e. The normalized spacial score (nSPS) is 15.1. The average Bonchev–Trinajstić information content (AvgIpc) is 2.72. The lowest BCUT2D eigenvalue weighted by Crippen LogP contribution is -2.43. The van der Waals surface area contributed by atoms with Crippen molar-refractivity contribution in [3.63, 3.8) is 0 Å². The molecule has 1 aliphatic rings. The highest BCUT2D eigenvalue weighted by molar-refractivity contribution is 5.92. The highest BCUT2D eigenvalue weighted by Gasteiger charge is 2.27. The van der Waals surface area contributed by atoms with Crippen LogP contribution in [0, 0.1) is 5.92 Å². The fourth-order valence-electron chi connectivity index (χ4n) is 3.44. The molecule has 0 bridgehead atoms. The van der Waals surface area contributed by atoms with Crippen LogP contribution in [0.15, 0.2) is 54.6 Å². The molecule has 1 N–H and O–H groups in total. The number of para-hydroxylation sites is 1. The molecule has 2 amide bonds. The molecule has 0 aromatic heterocycles. The average molecular weight is 395 g/mol. The Kier molecular flexibility index (Phi) is 6.57. The number of rotatable bonds is 5. The number of nitrogens with one attached hydrogen (secondary N) is 1. The molecule has 1 aliphatic heterocycles. The summed E-state index contributed by atoms with van der Waals surface area (Å²) < 4.78 is 5.54. The third-order valence-corrected chi connectivity index (χ3v) is 5.34. The van der Waals surface area contributed by atoms with E-state index in [9.17, 15) is 9.59 Å². The topological polar surface area (TPSA) is 58.6 Å². The van der Waals surface area contributed by atoms with E-state index in [4.69, 9.17) is 4.74 Å². The van der Waals surface area contributed by atoms with Gasteiger partial charge in [-0.1, -0.05) is 51.1 Å². The van der Waals surface area contributed by atoms with Gasteiger partial charge in [-0.05, 0) is 48.1 Å². The molecule has 0 spiro atoms. The van der Waals surface area contributed by atoms with Gasteiger partial charge in [-0.25, -0.2) is 0 Å². The van der Waals surface area contributed by atoms with Gasteiger partial charge in [-0.2, -0.15) is 0 Å². The van der Waals surface area contributed by atoms with Crippen LogP contribution in [0.3, 0.4) is 0 Å². The van der Waals surface area contributed by atoms with Gasteiger partial charge in [-0.15, -0.1) is 0 Å². The first-order valence-electron chi connectivity index (χ1n) is 10.2. The van der Waals surface area contributed by atoms with Gasteiger partial charge in [0, 0.05) is 24.7 Å². The van der Waals surface area contributed by atoms with Gasteiger partial charge >= 0.3 is 0 Å². The molecule has 1 heterocycles. The molecule has 2 aromatic rings. The van der Waals surface area contributed by atoms with Gasteiger partial charge in [-0.3, -0.25) is 9.59 Å². The summed E-state index contributed by atoms with van der Waals surface area (Å²) >= 11 is 0. The van der Waals surface area contributed by atoms with Gasteiger partial charge in [0.25, 0.3) is 5.91 Å². The first-order valence-corrected chi connectivity index (χ1v) is 10.2. The molecule has 5 heteroatoms. The van der Waals surface area contributed by atoms with Crippen molar-refractivity contribution in [2.24, 2.45) is 5.92 Å².